The van der Waals surface area contributed by atoms with E-state index in [0.717, 1.165) is 31.2 Å². The lowest BCUT2D eigenvalue weighted by Gasteiger charge is -2.16. The van der Waals surface area contributed by atoms with Crippen LogP contribution in [0.25, 0.3) is 0 Å². The average Bonchev–Trinajstić information content (AvgIpc) is 2.48. The lowest BCUT2D eigenvalue weighted by atomic mass is 10.1. The van der Waals surface area contributed by atoms with Gasteiger partial charge in [0.05, 0.1) is 0 Å². The Labute approximate surface area is 138 Å². The first-order chi connectivity index (χ1) is 10.9. The van der Waals surface area contributed by atoms with Gasteiger partial charge in [0, 0.05) is 24.2 Å². The Bertz CT molecular complexity index is 529. The quantitative estimate of drug-likeness (QED) is 0.571. The third kappa shape index (κ3) is 7.25. The molecular formula is C17H28N4O2. The second kappa shape index (κ2) is 9.97. The zero-order chi connectivity index (χ0) is 17.2. The van der Waals surface area contributed by atoms with Crippen LogP contribution in [-0.2, 0) is 11.3 Å². The second-order valence-electron chi connectivity index (χ2n) is 5.98. The van der Waals surface area contributed by atoms with Crippen LogP contribution in [0.4, 0.5) is 5.69 Å². The van der Waals surface area contributed by atoms with Gasteiger partial charge in [-0.3, -0.25) is 9.59 Å². The summed E-state index contributed by atoms with van der Waals surface area (Å²) in [6, 6.07) is 5.16. The van der Waals surface area contributed by atoms with E-state index < -0.39 is 5.91 Å². The number of benzene rings is 1. The van der Waals surface area contributed by atoms with Gasteiger partial charge in [-0.1, -0.05) is 18.9 Å². The first-order valence-corrected chi connectivity index (χ1v) is 8.01. The molecule has 1 aromatic rings. The topological polar surface area (TPSA) is 101 Å². The number of unbranched alkanes of at least 4 members (excludes halogenated alkanes) is 3. The summed E-state index contributed by atoms with van der Waals surface area (Å²) in [5.74, 6) is -0.543. The van der Waals surface area contributed by atoms with Gasteiger partial charge in [0.25, 0.3) is 0 Å². The van der Waals surface area contributed by atoms with Gasteiger partial charge in [0.1, 0.15) is 0 Å². The number of nitrogens with two attached hydrogens (primary N) is 2. The number of nitrogens with zero attached hydrogens (tertiary/aromatic N) is 1. The fourth-order valence-corrected chi connectivity index (χ4v) is 2.32. The zero-order valence-corrected chi connectivity index (χ0v) is 14.1. The Morgan fingerprint density at radius 3 is 2.43 bits per heavy atom. The van der Waals surface area contributed by atoms with Gasteiger partial charge < -0.3 is 21.7 Å². The summed E-state index contributed by atoms with van der Waals surface area (Å²) in [5.41, 5.74) is 12.8. The van der Waals surface area contributed by atoms with Gasteiger partial charge in [0.15, 0.2) is 0 Å². The molecule has 23 heavy (non-hydrogen) atoms. The summed E-state index contributed by atoms with van der Waals surface area (Å²) in [5, 5.41) is 2.90. The third-order valence-electron chi connectivity index (χ3n) is 3.51. The monoisotopic (exact) mass is 320 g/mol. The van der Waals surface area contributed by atoms with E-state index in [-0.39, 0.29) is 5.91 Å². The summed E-state index contributed by atoms with van der Waals surface area (Å²) in [4.78, 5) is 25.4. The first-order valence-electron chi connectivity index (χ1n) is 8.01. The van der Waals surface area contributed by atoms with E-state index >= 15 is 0 Å². The molecule has 0 radical (unpaired) electrons. The van der Waals surface area contributed by atoms with Crippen molar-refractivity contribution in [1.29, 1.82) is 0 Å². The summed E-state index contributed by atoms with van der Waals surface area (Å²) in [6.07, 6.45) is 4.34. The maximum absolute atomic E-state index is 12.1. The highest BCUT2D eigenvalue weighted by Crippen LogP contribution is 2.20. The maximum atomic E-state index is 12.1. The first kappa shape index (κ1) is 19.1. The maximum Gasteiger partial charge on any atom is 0.248 e. The van der Waals surface area contributed by atoms with Crippen LogP contribution < -0.4 is 16.8 Å². The number of amides is 2. The molecule has 0 fully saturated rings. The SMILES string of the molecule is CN(C)Cc1ccc(C(N)=O)cc1NC(=O)CCCCCCN. The number of rotatable bonds is 10. The van der Waals surface area contributed by atoms with Gasteiger partial charge in [-0.25, -0.2) is 0 Å². The molecule has 0 aliphatic carbocycles. The minimum Gasteiger partial charge on any atom is -0.366 e. The highest BCUT2D eigenvalue weighted by molar-refractivity contribution is 5.96. The van der Waals surface area contributed by atoms with Crippen LogP contribution in [-0.4, -0.2) is 37.4 Å². The van der Waals surface area contributed by atoms with Crippen molar-refractivity contribution >= 4 is 17.5 Å². The van der Waals surface area contributed by atoms with Crippen LogP contribution >= 0.6 is 0 Å². The van der Waals surface area contributed by atoms with E-state index in [0.29, 0.717) is 30.8 Å². The number of hydrogen-bond acceptors (Lipinski definition) is 4. The Hall–Kier alpha value is -1.92. The highest BCUT2D eigenvalue weighted by atomic mass is 16.2. The van der Waals surface area contributed by atoms with Gasteiger partial charge in [-0.15, -0.1) is 0 Å². The lowest BCUT2D eigenvalue weighted by molar-refractivity contribution is -0.116. The number of carbonyl (C=O) groups is 2. The fraction of sp³-hybridized carbons (Fsp3) is 0.529. The van der Waals surface area contributed by atoms with Crippen molar-refractivity contribution in [2.75, 3.05) is 26.0 Å². The largest absolute Gasteiger partial charge is 0.366 e. The molecule has 1 rings (SSSR count). The zero-order valence-electron chi connectivity index (χ0n) is 14.1. The molecular weight excluding hydrogens is 292 g/mol. The highest BCUT2D eigenvalue weighted by Gasteiger charge is 2.11. The Morgan fingerprint density at radius 2 is 1.83 bits per heavy atom. The number of primary amides is 1. The number of hydrogen-bond donors (Lipinski definition) is 3. The minimum absolute atomic E-state index is 0.0422. The van der Waals surface area contributed by atoms with Gasteiger partial charge in [-0.05, 0) is 51.2 Å². The van der Waals surface area contributed by atoms with E-state index in [1.807, 2.05) is 25.1 Å². The summed E-state index contributed by atoms with van der Waals surface area (Å²) in [6.45, 7) is 1.37. The molecule has 0 saturated carbocycles. The van der Waals surface area contributed by atoms with Crippen LogP contribution in [0.2, 0.25) is 0 Å². The van der Waals surface area contributed by atoms with Gasteiger partial charge in [-0.2, -0.15) is 0 Å². The van der Waals surface area contributed by atoms with E-state index in [9.17, 15) is 9.59 Å². The lowest BCUT2D eigenvalue weighted by Crippen LogP contribution is -2.18. The van der Waals surface area contributed by atoms with Crippen LogP contribution in [0, 0.1) is 0 Å². The predicted molar refractivity (Wildman–Crippen MR) is 93.1 cm³/mol. The number of nitrogens with one attached hydrogen (secondary N) is 1. The average molecular weight is 320 g/mol. The normalized spacial score (nSPS) is 10.8. The molecule has 0 spiro atoms. The molecule has 128 valence electrons. The van der Waals surface area contributed by atoms with Crippen molar-refractivity contribution in [3.63, 3.8) is 0 Å². The molecule has 1 aromatic carbocycles. The fourth-order valence-electron chi connectivity index (χ4n) is 2.32. The molecule has 6 heteroatoms. The van der Waals surface area contributed by atoms with Crippen LogP contribution in [0.5, 0.6) is 0 Å². The van der Waals surface area contributed by atoms with Crippen molar-refractivity contribution in [2.45, 2.75) is 38.6 Å². The minimum atomic E-state index is -0.501. The molecule has 6 nitrogen and oxygen atoms in total. The molecule has 5 N–H and O–H groups in total. The van der Waals surface area contributed by atoms with Gasteiger partial charge >= 0.3 is 0 Å². The molecule has 0 aliphatic rings. The van der Waals surface area contributed by atoms with Crippen LogP contribution in [0.15, 0.2) is 18.2 Å². The van der Waals surface area contributed by atoms with Crippen molar-refractivity contribution < 1.29 is 9.59 Å². The van der Waals surface area contributed by atoms with E-state index in [1.54, 1.807) is 12.1 Å². The predicted octanol–water partition coefficient (Wildman–Crippen LogP) is 1.69. The van der Waals surface area contributed by atoms with Crippen molar-refractivity contribution in [2.24, 2.45) is 11.5 Å². The van der Waals surface area contributed by atoms with Crippen molar-refractivity contribution in [1.82, 2.24) is 4.90 Å². The van der Waals surface area contributed by atoms with Crippen LogP contribution in [0.3, 0.4) is 0 Å². The molecule has 2 amide bonds. The van der Waals surface area contributed by atoms with Gasteiger partial charge in [0.2, 0.25) is 11.8 Å². The van der Waals surface area contributed by atoms with Crippen LogP contribution in [0.1, 0.15) is 48.0 Å². The molecule has 0 bridgehead atoms. The summed E-state index contributed by atoms with van der Waals surface area (Å²) < 4.78 is 0. The molecule has 0 unspecified atom stereocenters. The summed E-state index contributed by atoms with van der Waals surface area (Å²) >= 11 is 0. The van der Waals surface area contributed by atoms with E-state index in [2.05, 4.69) is 5.32 Å². The second-order valence-corrected chi connectivity index (χ2v) is 5.98. The smallest absolute Gasteiger partial charge is 0.248 e. The van der Waals surface area contributed by atoms with Crippen molar-refractivity contribution in [3.8, 4) is 0 Å². The van der Waals surface area contributed by atoms with Crippen molar-refractivity contribution in [3.05, 3.63) is 29.3 Å². The van der Waals surface area contributed by atoms with E-state index in [4.69, 9.17) is 11.5 Å². The Kier molecular flexibility index (Phi) is 8.29. The molecule has 0 saturated heterocycles. The summed E-state index contributed by atoms with van der Waals surface area (Å²) in [7, 11) is 3.90. The third-order valence-corrected chi connectivity index (χ3v) is 3.51. The number of anilines is 1. The molecule has 0 heterocycles. The Morgan fingerprint density at radius 1 is 1.13 bits per heavy atom. The molecule has 0 aromatic heterocycles. The standard InChI is InChI=1S/C17H28N4O2/c1-21(2)12-14-9-8-13(17(19)23)11-15(14)20-16(22)7-5-3-4-6-10-18/h8-9,11H,3-7,10,12,18H2,1-2H3,(H2,19,23)(H,20,22). The molecule has 0 aliphatic heterocycles. The van der Waals surface area contributed by atoms with E-state index in [1.165, 1.54) is 0 Å². The Balaban J connectivity index is 2.69. The number of carbonyl (C=O) groups excluding carboxylic acids is 2. The molecule has 0 atom stereocenters.